The van der Waals surface area contributed by atoms with Crippen LogP contribution < -0.4 is 4.72 Å². The van der Waals surface area contributed by atoms with Gasteiger partial charge in [-0.1, -0.05) is 66.7 Å². The van der Waals surface area contributed by atoms with Crippen LogP contribution in [-0.4, -0.2) is 25.0 Å². The number of anilines is 1. The van der Waals surface area contributed by atoms with Crippen molar-refractivity contribution in [2.75, 3.05) is 10.5 Å². The summed E-state index contributed by atoms with van der Waals surface area (Å²) in [7, 11) is -3.41. The van der Waals surface area contributed by atoms with Gasteiger partial charge in [-0.05, 0) is 36.2 Å². The Kier molecular flexibility index (Phi) is 6.67. The van der Waals surface area contributed by atoms with Gasteiger partial charge in [-0.15, -0.1) is 0 Å². The minimum Gasteiger partial charge on any atom is -0.330 e. The van der Waals surface area contributed by atoms with E-state index in [0.717, 1.165) is 11.1 Å². The van der Waals surface area contributed by atoms with Gasteiger partial charge in [-0.2, -0.15) is 0 Å². The molecule has 0 saturated carbocycles. The van der Waals surface area contributed by atoms with E-state index in [1.54, 1.807) is 36.1 Å². The molecule has 0 heterocycles. The van der Waals surface area contributed by atoms with E-state index in [2.05, 4.69) is 4.72 Å². The minimum atomic E-state index is -3.41. The molecule has 0 spiro atoms. The van der Waals surface area contributed by atoms with Crippen LogP contribution in [0.3, 0.4) is 0 Å². The van der Waals surface area contributed by atoms with Crippen molar-refractivity contribution in [3.05, 3.63) is 102 Å². The fourth-order valence-corrected chi connectivity index (χ4v) is 3.59. The highest BCUT2D eigenvalue weighted by Gasteiger charge is 2.18. The first-order valence-electron chi connectivity index (χ1n) is 9.44. The summed E-state index contributed by atoms with van der Waals surface area (Å²) in [5.41, 5.74) is 2.88. The van der Waals surface area contributed by atoms with E-state index in [4.69, 9.17) is 0 Å². The molecule has 1 N–H and O–H groups in total. The molecule has 0 aliphatic carbocycles. The number of carbonyl (C=O) groups is 1. The summed E-state index contributed by atoms with van der Waals surface area (Å²) in [5, 5.41) is 0. The maximum Gasteiger partial charge on any atom is 0.254 e. The maximum absolute atomic E-state index is 13.3. The molecule has 6 heteroatoms. The molecule has 0 unspecified atom stereocenters. The molecule has 150 valence electrons. The average molecular weight is 409 g/mol. The number of benzene rings is 3. The lowest BCUT2D eigenvalue weighted by Gasteiger charge is -2.23. The Morgan fingerprint density at radius 2 is 1.38 bits per heavy atom. The highest BCUT2D eigenvalue weighted by atomic mass is 32.2. The number of nitrogens with zero attached hydrogens (tertiary/aromatic N) is 1. The summed E-state index contributed by atoms with van der Waals surface area (Å²) in [6.45, 7) is 2.48. The van der Waals surface area contributed by atoms with Crippen LogP contribution in [0.5, 0.6) is 0 Å². The molecule has 0 saturated heterocycles. The van der Waals surface area contributed by atoms with E-state index in [9.17, 15) is 13.2 Å². The van der Waals surface area contributed by atoms with Crippen molar-refractivity contribution >= 4 is 21.6 Å². The van der Waals surface area contributed by atoms with E-state index in [1.165, 1.54) is 0 Å². The summed E-state index contributed by atoms with van der Waals surface area (Å²) >= 11 is 0. The third-order valence-electron chi connectivity index (χ3n) is 4.48. The highest BCUT2D eigenvalue weighted by molar-refractivity contribution is 7.92. The van der Waals surface area contributed by atoms with Gasteiger partial charge in [0.2, 0.25) is 10.0 Å². The van der Waals surface area contributed by atoms with Crippen LogP contribution in [0.15, 0.2) is 84.9 Å². The molecule has 3 rings (SSSR count). The lowest BCUT2D eigenvalue weighted by molar-refractivity contribution is 0.0730. The third-order valence-corrected chi connectivity index (χ3v) is 5.79. The smallest absolute Gasteiger partial charge is 0.254 e. The quantitative estimate of drug-likeness (QED) is 0.605. The zero-order valence-electron chi connectivity index (χ0n) is 16.3. The standard InChI is InChI=1S/C23H24N2O3S/c1-2-29(27,28)24-22-15-9-14-21(16-22)23(26)25(17-19-10-5-3-6-11-19)18-20-12-7-4-8-13-20/h3-16,24H,2,17-18H2,1H3. The molecule has 3 aromatic carbocycles. The van der Waals surface area contributed by atoms with Gasteiger partial charge in [-0.3, -0.25) is 9.52 Å². The number of sulfonamides is 1. The van der Waals surface area contributed by atoms with E-state index >= 15 is 0 Å². The summed E-state index contributed by atoms with van der Waals surface area (Å²) < 4.78 is 26.2. The molecule has 0 aliphatic rings. The third kappa shape index (κ3) is 5.93. The van der Waals surface area contributed by atoms with Crippen molar-refractivity contribution in [3.63, 3.8) is 0 Å². The molecular formula is C23H24N2O3S. The zero-order chi connectivity index (χ0) is 20.7. The van der Waals surface area contributed by atoms with Crippen LogP contribution in [0, 0.1) is 0 Å². The lowest BCUT2D eigenvalue weighted by atomic mass is 10.1. The van der Waals surface area contributed by atoms with Crippen molar-refractivity contribution in [2.45, 2.75) is 20.0 Å². The van der Waals surface area contributed by atoms with Gasteiger partial charge < -0.3 is 4.90 Å². The second kappa shape index (κ2) is 9.39. The predicted octanol–water partition coefficient (Wildman–Crippen LogP) is 4.29. The monoisotopic (exact) mass is 408 g/mol. The molecule has 0 radical (unpaired) electrons. The second-order valence-corrected chi connectivity index (χ2v) is 8.73. The van der Waals surface area contributed by atoms with Gasteiger partial charge in [0.05, 0.1) is 5.75 Å². The second-order valence-electron chi connectivity index (χ2n) is 6.72. The SMILES string of the molecule is CCS(=O)(=O)Nc1cccc(C(=O)N(Cc2ccccc2)Cc2ccccc2)c1. The Bertz CT molecular complexity index is 1010. The Morgan fingerprint density at radius 3 is 1.90 bits per heavy atom. The first-order valence-corrected chi connectivity index (χ1v) is 11.1. The Labute approximate surface area is 172 Å². The number of nitrogens with one attached hydrogen (secondary N) is 1. The number of hydrogen-bond donors (Lipinski definition) is 1. The Balaban J connectivity index is 1.87. The first kappa shape index (κ1) is 20.6. The average Bonchev–Trinajstić information content (AvgIpc) is 2.74. The highest BCUT2D eigenvalue weighted by Crippen LogP contribution is 2.18. The summed E-state index contributed by atoms with van der Waals surface area (Å²) in [6, 6.07) is 26.2. The van der Waals surface area contributed by atoms with Crippen LogP contribution in [-0.2, 0) is 23.1 Å². The topological polar surface area (TPSA) is 66.5 Å². The van der Waals surface area contributed by atoms with E-state index in [1.807, 2.05) is 60.7 Å². The summed E-state index contributed by atoms with van der Waals surface area (Å²) in [6.07, 6.45) is 0. The van der Waals surface area contributed by atoms with E-state index in [0.29, 0.717) is 24.3 Å². The molecule has 0 aliphatic heterocycles. The van der Waals surface area contributed by atoms with Crippen LogP contribution in [0.25, 0.3) is 0 Å². The predicted molar refractivity (Wildman–Crippen MR) is 116 cm³/mol. The van der Waals surface area contributed by atoms with E-state index in [-0.39, 0.29) is 11.7 Å². The van der Waals surface area contributed by atoms with E-state index < -0.39 is 10.0 Å². The van der Waals surface area contributed by atoms with Crippen LogP contribution in [0.1, 0.15) is 28.4 Å². The van der Waals surface area contributed by atoms with Crippen molar-refractivity contribution in [3.8, 4) is 0 Å². The number of hydrogen-bond acceptors (Lipinski definition) is 3. The number of amides is 1. The molecule has 29 heavy (non-hydrogen) atoms. The van der Waals surface area contributed by atoms with Gasteiger partial charge in [-0.25, -0.2) is 8.42 Å². The van der Waals surface area contributed by atoms with Crippen LogP contribution in [0.4, 0.5) is 5.69 Å². The fourth-order valence-electron chi connectivity index (χ4n) is 2.96. The summed E-state index contributed by atoms with van der Waals surface area (Å²) in [4.78, 5) is 15.1. The molecule has 1 amide bonds. The van der Waals surface area contributed by atoms with Gasteiger partial charge in [0.15, 0.2) is 0 Å². The first-order chi connectivity index (χ1) is 14.0. The molecule has 3 aromatic rings. The lowest BCUT2D eigenvalue weighted by Crippen LogP contribution is -2.30. The molecule has 5 nitrogen and oxygen atoms in total. The number of carbonyl (C=O) groups excluding carboxylic acids is 1. The molecule has 0 aromatic heterocycles. The molecule has 0 atom stereocenters. The molecular weight excluding hydrogens is 384 g/mol. The molecule has 0 fully saturated rings. The van der Waals surface area contributed by atoms with Crippen molar-refractivity contribution in [2.24, 2.45) is 0 Å². The Hall–Kier alpha value is -3.12. The van der Waals surface area contributed by atoms with Crippen LogP contribution in [0.2, 0.25) is 0 Å². The zero-order valence-corrected chi connectivity index (χ0v) is 17.1. The molecule has 0 bridgehead atoms. The normalized spacial score (nSPS) is 11.1. The van der Waals surface area contributed by atoms with Gasteiger partial charge in [0.25, 0.3) is 5.91 Å². The summed E-state index contributed by atoms with van der Waals surface area (Å²) in [5.74, 6) is -0.186. The largest absolute Gasteiger partial charge is 0.330 e. The van der Waals surface area contributed by atoms with Gasteiger partial charge in [0, 0.05) is 24.3 Å². The van der Waals surface area contributed by atoms with Crippen LogP contribution >= 0.6 is 0 Å². The maximum atomic E-state index is 13.3. The minimum absolute atomic E-state index is 0.0285. The van der Waals surface area contributed by atoms with Crippen molar-refractivity contribution < 1.29 is 13.2 Å². The number of rotatable bonds is 8. The van der Waals surface area contributed by atoms with Crippen molar-refractivity contribution in [1.29, 1.82) is 0 Å². The van der Waals surface area contributed by atoms with Gasteiger partial charge in [0.1, 0.15) is 0 Å². The fraction of sp³-hybridized carbons (Fsp3) is 0.174. The van der Waals surface area contributed by atoms with Gasteiger partial charge >= 0.3 is 0 Å². The Morgan fingerprint density at radius 1 is 0.828 bits per heavy atom. The van der Waals surface area contributed by atoms with Crippen molar-refractivity contribution in [1.82, 2.24) is 4.90 Å².